The Morgan fingerprint density at radius 2 is 1.17 bits per heavy atom. The number of rotatable bonds is 22. The minimum absolute atomic E-state index is 0.128. The molecule has 10 aromatic rings. The van der Waals surface area contributed by atoms with Crippen molar-refractivity contribution in [1.82, 2.24) is 25.2 Å². The zero-order valence-corrected chi connectivity index (χ0v) is 63.5. The third kappa shape index (κ3) is 14.9. The van der Waals surface area contributed by atoms with E-state index in [-0.39, 0.29) is 42.0 Å². The predicted octanol–water partition coefficient (Wildman–Crippen LogP) is 14.4. The topological polar surface area (TPSA) is 165 Å². The first-order valence-electron chi connectivity index (χ1n) is 36.4. The number of aromatic carboxylic acids is 1. The normalized spacial score (nSPS) is 19.2. The van der Waals surface area contributed by atoms with Crippen molar-refractivity contribution in [2.75, 3.05) is 36.5 Å². The van der Waals surface area contributed by atoms with Gasteiger partial charge in [0.2, 0.25) is 12.1 Å². The lowest BCUT2D eigenvalue weighted by Gasteiger charge is -2.27. The van der Waals surface area contributed by atoms with Crippen LogP contribution < -0.4 is 44.5 Å². The molecule has 7 heterocycles. The van der Waals surface area contributed by atoms with E-state index in [4.69, 9.17) is 29.3 Å². The molecule has 0 radical (unpaired) electrons. The number of carbonyl (C=O) groups is 4. The summed E-state index contributed by atoms with van der Waals surface area (Å²) in [5, 5.41) is 12.3. The van der Waals surface area contributed by atoms with Crippen molar-refractivity contribution in [2.45, 2.75) is 88.6 Å². The van der Waals surface area contributed by atoms with E-state index in [2.05, 4.69) is 165 Å². The van der Waals surface area contributed by atoms with Gasteiger partial charge < -0.3 is 14.9 Å². The third-order valence-electron chi connectivity index (χ3n) is 21.2. The third-order valence-corrected chi connectivity index (χ3v) is 25.4. The molecule has 0 bridgehead atoms. The summed E-state index contributed by atoms with van der Waals surface area (Å²) in [5.41, 5.74) is 20.6. The van der Waals surface area contributed by atoms with Crippen LogP contribution in [0.5, 0.6) is 0 Å². The van der Waals surface area contributed by atoms with Crippen molar-refractivity contribution in [3.63, 3.8) is 0 Å². The molecule has 0 spiro atoms. The summed E-state index contributed by atoms with van der Waals surface area (Å²) in [4.78, 5) is 82.2. The molecular weight excluding hydrogens is 1440 g/mol. The first-order valence-corrected chi connectivity index (χ1v) is 39.7. The van der Waals surface area contributed by atoms with Crippen LogP contribution in [0.25, 0.3) is 52.0 Å². The summed E-state index contributed by atoms with van der Waals surface area (Å²) < 4.78 is 7.05. The standard InChI is InChI=1S/C87H75N9O7S5/c1-55(89-79(97)54-94-82(99)77(106-84(94)80-83(100)90(2)86(104)108-80)52-59-27-35-76-71(50-59)68-15-10-18-74(68)96(76)67-33-25-58(26-34-67)49-70(63-11-5-3-6-12-63)64-13-7-4-8-14-64)92-44-39-62(40-45-92)61-37-42-91(43-38-61)46-41-88-103-48-47-93-81(98)78(107-87(93)105)53-60-28-36-75-72(51-60)69-16-9-17-73(69)95(75)66-31-23-57(24-32-66)20-19-56-21-29-65(30-22-56)85(101)102/h3-8,11-14,19-40,42-45,49-53,55,68-69,73-74,88H,9-10,15-18,41,46-48,54H2,1-2H3/p+2/b20-19+,77-52+,78-53+,84-80+. The van der Waals surface area contributed by atoms with Gasteiger partial charge in [-0.25, -0.2) is 9.36 Å². The van der Waals surface area contributed by atoms with Crippen LogP contribution in [0, 0.1) is 0 Å². The Kier molecular flexibility index (Phi) is 20.8. The van der Waals surface area contributed by atoms with E-state index in [0.29, 0.717) is 71.2 Å². The van der Waals surface area contributed by atoms with Crippen molar-refractivity contribution >= 4 is 155 Å². The molecule has 16 nitrogen and oxygen atoms in total. The highest BCUT2D eigenvalue weighted by atomic mass is 32.2. The Labute approximate surface area is 649 Å². The predicted molar refractivity (Wildman–Crippen MR) is 440 cm³/mol. The molecule has 6 aliphatic rings. The number of hydroxylamine groups is 1. The lowest BCUT2D eigenvalue weighted by atomic mass is 9.95. The Hall–Kier alpha value is -10.5. The highest BCUT2D eigenvalue weighted by Crippen LogP contribution is 2.54. The number of thiocarbonyl (C=S) groups is 2. The molecule has 4 fully saturated rings. The quantitative estimate of drug-likeness (QED) is 0.0147. The number of pyridine rings is 2. The molecule has 21 heteroatoms. The van der Waals surface area contributed by atoms with Gasteiger partial charge in [-0.2, -0.15) is 10.0 Å². The first kappa shape index (κ1) is 71.7. The molecule has 4 aliphatic heterocycles. The smallest absolute Gasteiger partial charge is 0.335 e. The monoisotopic (exact) mass is 1520 g/mol. The number of thioether (sulfide) groups is 2. The molecule has 2 saturated carbocycles. The fourth-order valence-corrected chi connectivity index (χ4v) is 19.5. The van der Waals surface area contributed by atoms with Crippen molar-refractivity contribution in [2.24, 2.45) is 0 Å². The van der Waals surface area contributed by atoms with Gasteiger partial charge in [0, 0.05) is 84.9 Å². The Bertz CT molecular complexity index is 5440. The van der Waals surface area contributed by atoms with Crippen LogP contribution in [0.15, 0.2) is 229 Å². The average Bonchev–Trinajstić information content (AvgIpc) is 1.59. The zero-order valence-electron chi connectivity index (χ0n) is 59.4. The second-order valence-corrected chi connectivity index (χ2v) is 32.2. The van der Waals surface area contributed by atoms with E-state index in [1.54, 1.807) is 24.1 Å². The summed E-state index contributed by atoms with van der Waals surface area (Å²) in [6.45, 7) is 3.29. The number of anilines is 4. The van der Waals surface area contributed by atoms with Gasteiger partial charge in [0.1, 0.15) is 24.8 Å². The lowest BCUT2D eigenvalue weighted by molar-refractivity contribution is -0.723. The van der Waals surface area contributed by atoms with Crippen LogP contribution in [-0.4, -0.2) is 90.6 Å². The van der Waals surface area contributed by atoms with Crippen LogP contribution in [0.2, 0.25) is 0 Å². The molecule has 7 aromatic carbocycles. The number of hydrogen-bond acceptors (Lipinski definition) is 14. The summed E-state index contributed by atoms with van der Waals surface area (Å²) in [6.07, 6.45) is 24.1. The van der Waals surface area contributed by atoms with Crippen molar-refractivity contribution in [3.05, 3.63) is 299 Å². The van der Waals surface area contributed by atoms with E-state index in [1.165, 1.54) is 55.1 Å². The Morgan fingerprint density at radius 3 is 1.73 bits per heavy atom. The maximum absolute atomic E-state index is 14.6. The molecule has 108 heavy (non-hydrogen) atoms. The highest BCUT2D eigenvalue weighted by molar-refractivity contribution is 8.30. The molecule has 3 aromatic heterocycles. The van der Waals surface area contributed by atoms with Gasteiger partial charge in [0.25, 0.3) is 17.4 Å². The minimum Gasteiger partial charge on any atom is -0.478 e. The minimum atomic E-state index is -0.939. The van der Waals surface area contributed by atoms with E-state index < -0.39 is 12.1 Å². The number of hydrogen-bond donors (Lipinski definition) is 3. The fourth-order valence-electron chi connectivity index (χ4n) is 15.8. The number of nitrogens with one attached hydrogen (secondary N) is 2. The van der Waals surface area contributed by atoms with E-state index in [0.717, 1.165) is 117 Å². The van der Waals surface area contributed by atoms with Crippen molar-refractivity contribution in [1.29, 1.82) is 0 Å². The second-order valence-electron chi connectivity index (χ2n) is 27.9. The Balaban J connectivity index is 0.514. The van der Waals surface area contributed by atoms with Crippen LogP contribution in [0.3, 0.4) is 0 Å². The van der Waals surface area contributed by atoms with Gasteiger partial charge in [-0.3, -0.25) is 43.7 Å². The number of benzene rings is 7. The van der Waals surface area contributed by atoms with Crippen molar-refractivity contribution < 1.29 is 38.3 Å². The number of fused-ring (bicyclic) bond motifs is 6. The van der Waals surface area contributed by atoms with Crippen LogP contribution in [0.4, 0.5) is 22.7 Å². The van der Waals surface area contributed by atoms with Crippen LogP contribution in [0.1, 0.15) is 124 Å². The van der Waals surface area contributed by atoms with Gasteiger partial charge in [-0.05, 0) is 171 Å². The second kappa shape index (κ2) is 31.4. The molecule has 3 amide bonds. The van der Waals surface area contributed by atoms with Gasteiger partial charge in [-0.15, -0.1) is 11.3 Å². The van der Waals surface area contributed by atoms with Crippen LogP contribution in [-0.2, 0) is 32.3 Å². The van der Waals surface area contributed by atoms with Crippen LogP contribution >= 0.6 is 59.3 Å². The fraction of sp³-hybridized carbons (Fsp3) is 0.207. The maximum Gasteiger partial charge on any atom is 0.335 e. The number of carbonyl (C=O) groups excluding carboxylic acids is 3. The van der Waals surface area contributed by atoms with Gasteiger partial charge in [0.05, 0.1) is 34.7 Å². The van der Waals surface area contributed by atoms with E-state index in [1.807, 2.05) is 109 Å². The molecule has 2 saturated heterocycles. The molecule has 5 atom stereocenters. The van der Waals surface area contributed by atoms with Crippen molar-refractivity contribution in [3.8, 4) is 11.1 Å². The van der Waals surface area contributed by atoms with Gasteiger partial charge >= 0.3 is 5.97 Å². The number of aromatic nitrogens is 3. The van der Waals surface area contributed by atoms with Gasteiger partial charge in [-0.1, -0.05) is 182 Å². The zero-order chi connectivity index (χ0) is 74.1. The summed E-state index contributed by atoms with van der Waals surface area (Å²) in [6, 6.07) is 67.0. The SMILES string of the molecule is CC(NC(=O)Cn1c(=O)/c(=C\c2ccc3c(c2)C2CCCC2N3c2ccc(C=C(c3ccccc3)c3ccccc3)cc2)s/c1=C1/SC(=S)N(C)C1=O)[n+]1ccc(-c2cc[n+](CCNOCCN3C(=O)/C(=C\c4ccc5c(c4)C4CCCC4N5c4ccc(/C=C/c5ccc(C(=O)O)cc5)cc4)SC3=S)cc2)cc1. The maximum atomic E-state index is 14.6. The Morgan fingerprint density at radius 1 is 0.620 bits per heavy atom. The molecule has 540 valence electrons. The highest BCUT2D eigenvalue weighted by Gasteiger charge is 2.44. The number of nitrogens with zero attached hydrogens (tertiary/aromatic N) is 7. The number of carboxylic acids is 1. The molecule has 3 N–H and O–H groups in total. The lowest BCUT2D eigenvalue weighted by Crippen LogP contribution is -2.49. The van der Waals surface area contributed by atoms with Gasteiger partial charge in [0.15, 0.2) is 31.3 Å². The molecule has 16 rings (SSSR count). The summed E-state index contributed by atoms with van der Waals surface area (Å²) in [7, 11) is 1.62. The first-order chi connectivity index (χ1) is 52.6. The number of thiazole rings is 1. The largest absolute Gasteiger partial charge is 0.478 e. The molecule has 2 aliphatic carbocycles. The summed E-state index contributed by atoms with van der Waals surface area (Å²) >= 11 is 14.9. The average molecular weight is 1520 g/mol. The van der Waals surface area contributed by atoms with E-state index >= 15 is 0 Å². The number of amides is 3. The van der Waals surface area contributed by atoms with E-state index in [9.17, 15) is 29.1 Å². The number of carboxylic acid groups (broad SMARTS) is 1. The molecular formula is C87H77N9O7S5+2. The summed E-state index contributed by atoms with van der Waals surface area (Å²) in [5.74, 6) is -1.03. The molecule has 5 unspecified atom stereocenters.